The first kappa shape index (κ1) is 16.9. The Morgan fingerprint density at radius 3 is 2.67 bits per heavy atom. The number of amidine groups is 1. The Morgan fingerprint density at radius 1 is 1.43 bits per heavy atom. The summed E-state index contributed by atoms with van der Waals surface area (Å²) in [6, 6.07) is 6.54. The van der Waals surface area contributed by atoms with E-state index >= 15 is 0 Å². The number of nitrogens with two attached hydrogens (primary N) is 1. The molecular formula is C12H18N4O4S. The van der Waals surface area contributed by atoms with Crippen LogP contribution in [0.15, 0.2) is 24.3 Å². The van der Waals surface area contributed by atoms with Gasteiger partial charge in [-0.25, -0.2) is 9.52 Å². The minimum Gasteiger partial charge on any atom is -0.446 e. The molecule has 0 atom stereocenters. The zero-order chi connectivity index (χ0) is 16.0. The number of hydrogen-bond donors (Lipinski definition) is 4. The Bertz CT molecular complexity index is 628. The standard InChI is InChI=1S/C12H18N4O4S/c1-8(2)20-12(17)16-21(18,19)15-7-9-4-3-5-10(6-9)11(13)14/h3-6,8,15H,7H2,1-2H3,(H3,13,14)(H,16,17). The molecule has 116 valence electrons. The summed E-state index contributed by atoms with van der Waals surface area (Å²) in [5.74, 6) is -0.113. The van der Waals surface area contributed by atoms with Crippen molar-refractivity contribution in [2.45, 2.75) is 26.5 Å². The summed E-state index contributed by atoms with van der Waals surface area (Å²) in [6.07, 6.45) is -1.47. The minimum atomic E-state index is -4.02. The first-order chi connectivity index (χ1) is 9.69. The molecule has 8 nitrogen and oxygen atoms in total. The summed E-state index contributed by atoms with van der Waals surface area (Å²) >= 11 is 0. The fourth-order valence-corrected chi connectivity index (χ4v) is 2.11. The number of carbonyl (C=O) groups is 1. The molecule has 0 fully saturated rings. The Hall–Kier alpha value is -2.13. The molecule has 9 heteroatoms. The second kappa shape index (κ2) is 7.04. The van der Waals surface area contributed by atoms with Gasteiger partial charge in [-0.1, -0.05) is 18.2 Å². The van der Waals surface area contributed by atoms with E-state index in [9.17, 15) is 13.2 Å². The number of nitrogens with one attached hydrogen (secondary N) is 3. The second-order valence-corrected chi connectivity index (χ2v) is 5.99. The molecule has 0 aromatic heterocycles. The van der Waals surface area contributed by atoms with Crippen molar-refractivity contribution in [3.8, 4) is 0 Å². The van der Waals surface area contributed by atoms with Crippen LogP contribution in [0.2, 0.25) is 0 Å². The van der Waals surface area contributed by atoms with E-state index in [-0.39, 0.29) is 12.4 Å². The van der Waals surface area contributed by atoms with E-state index in [1.165, 1.54) is 0 Å². The molecule has 0 unspecified atom stereocenters. The highest BCUT2D eigenvalue weighted by molar-refractivity contribution is 7.88. The van der Waals surface area contributed by atoms with Crippen LogP contribution < -0.4 is 15.2 Å². The Labute approximate surface area is 123 Å². The molecular weight excluding hydrogens is 296 g/mol. The molecule has 0 aliphatic carbocycles. The van der Waals surface area contributed by atoms with Gasteiger partial charge >= 0.3 is 16.3 Å². The number of rotatable bonds is 6. The maximum atomic E-state index is 11.6. The first-order valence-corrected chi connectivity index (χ1v) is 7.59. The summed E-state index contributed by atoms with van der Waals surface area (Å²) in [5.41, 5.74) is 6.44. The van der Waals surface area contributed by atoms with Gasteiger partial charge in [0, 0.05) is 12.1 Å². The van der Waals surface area contributed by atoms with Gasteiger partial charge in [0.25, 0.3) is 0 Å². The topological polar surface area (TPSA) is 134 Å². The molecule has 1 aromatic rings. The van der Waals surface area contributed by atoms with E-state index in [1.807, 2.05) is 0 Å². The van der Waals surface area contributed by atoms with Crippen LogP contribution in [0, 0.1) is 5.41 Å². The van der Waals surface area contributed by atoms with Crippen LogP contribution in [0.25, 0.3) is 0 Å². The average Bonchev–Trinajstić information content (AvgIpc) is 2.35. The number of benzene rings is 1. The molecule has 0 saturated carbocycles. The highest BCUT2D eigenvalue weighted by Gasteiger charge is 2.15. The van der Waals surface area contributed by atoms with Gasteiger partial charge in [-0.3, -0.25) is 5.41 Å². The van der Waals surface area contributed by atoms with Crippen molar-refractivity contribution < 1.29 is 17.9 Å². The van der Waals surface area contributed by atoms with Crippen LogP contribution in [-0.2, 0) is 21.5 Å². The van der Waals surface area contributed by atoms with Gasteiger partial charge in [0.2, 0.25) is 0 Å². The third kappa shape index (κ3) is 6.23. The van der Waals surface area contributed by atoms with Crippen molar-refractivity contribution in [1.29, 1.82) is 5.41 Å². The van der Waals surface area contributed by atoms with Gasteiger partial charge in [-0.2, -0.15) is 13.1 Å². The number of amides is 1. The van der Waals surface area contributed by atoms with Crippen molar-refractivity contribution in [1.82, 2.24) is 9.44 Å². The van der Waals surface area contributed by atoms with Gasteiger partial charge in [0.1, 0.15) is 5.84 Å². The van der Waals surface area contributed by atoms with Gasteiger partial charge in [-0.15, -0.1) is 0 Å². The zero-order valence-electron chi connectivity index (χ0n) is 11.7. The van der Waals surface area contributed by atoms with E-state index in [4.69, 9.17) is 11.1 Å². The lowest BCUT2D eigenvalue weighted by Gasteiger charge is -2.11. The summed E-state index contributed by atoms with van der Waals surface area (Å²) in [4.78, 5) is 11.2. The summed E-state index contributed by atoms with van der Waals surface area (Å²) in [5, 5.41) is 7.31. The molecule has 0 spiro atoms. The summed E-state index contributed by atoms with van der Waals surface area (Å²) in [7, 11) is -4.02. The van der Waals surface area contributed by atoms with Crippen molar-refractivity contribution in [2.24, 2.45) is 5.73 Å². The third-order valence-corrected chi connectivity index (χ3v) is 3.22. The SMILES string of the molecule is CC(C)OC(=O)NS(=O)(=O)NCc1cccc(C(=N)N)c1. The summed E-state index contributed by atoms with van der Waals surface area (Å²) in [6.45, 7) is 3.16. The lowest BCUT2D eigenvalue weighted by atomic mass is 10.1. The van der Waals surface area contributed by atoms with Crippen molar-refractivity contribution in [3.63, 3.8) is 0 Å². The largest absolute Gasteiger partial charge is 0.446 e. The van der Waals surface area contributed by atoms with Crippen LogP contribution in [0.1, 0.15) is 25.0 Å². The van der Waals surface area contributed by atoms with Gasteiger partial charge in [0.05, 0.1) is 6.10 Å². The number of hydrogen-bond acceptors (Lipinski definition) is 5. The third-order valence-electron chi connectivity index (χ3n) is 2.26. The maximum absolute atomic E-state index is 11.6. The first-order valence-electron chi connectivity index (χ1n) is 6.11. The molecule has 0 aliphatic heterocycles. The predicted molar refractivity (Wildman–Crippen MR) is 78.0 cm³/mol. The lowest BCUT2D eigenvalue weighted by molar-refractivity contribution is 0.121. The number of carbonyl (C=O) groups excluding carboxylic acids is 1. The molecule has 1 rings (SSSR count). The second-order valence-electron chi connectivity index (χ2n) is 4.49. The van der Waals surface area contributed by atoms with Crippen LogP contribution in [0.5, 0.6) is 0 Å². The van der Waals surface area contributed by atoms with E-state index < -0.39 is 22.4 Å². The smallest absolute Gasteiger partial charge is 0.422 e. The van der Waals surface area contributed by atoms with Crippen molar-refractivity contribution in [2.75, 3.05) is 0 Å². The van der Waals surface area contributed by atoms with Crippen molar-refractivity contribution >= 4 is 22.1 Å². The van der Waals surface area contributed by atoms with E-state index in [2.05, 4.69) is 9.46 Å². The van der Waals surface area contributed by atoms with Gasteiger partial charge in [0.15, 0.2) is 0 Å². The number of ether oxygens (including phenoxy) is 1. The number of nitrogen functional groups attached to an aromatic ring is 1. The Morgan fingerprint density at radius 2 is 2.10 bits per heavy atom. The van der Waals surface area contributed by atoms with E-state index in [0.717, 1.165) is 0 Å². The monoisotopic (exact) mass is 314 g/mol. The van der Waals surface area contributed by atoms with Gasteiger partial charge < -0.3 is 10.5 Å². The molecule has 0 aliphatic rings. The summed E-state index contributed by atoms with van der Waals surface area (Å²) < 4.78 is 31.8. The normalized spacial score (nSPS) is 11.2. The Kier molecular flexibility index (Phi) is 5.68. The molecule has 21 heavy (non-hydrogen) atoms. The Balaban J connectivity index is 2.63. The molecule has 1 aromatic carbocycles. The average molecular weight is 314 g/mol. The zero-order valence-corrected chi connectivity index (χ0v) is 12.5. The fourth-order valence-electron chi connectivity index (χ4n) is 1.41. The van der Waals surface area contributed by atoms with E-state index in [0.29, 0.717) is 11.1 Å². The lowest BCUT2D eigenvalue weighted by Crippen LogP contribution is -2.40. The maximum Gasteiger partial charge on any atom is 0.422 e. The van der Waals surface area contributed by atoms with E-state index in [1.54, 1.807) is 42.8 Å². The quantitative estimate of drug-likeness (QED) is 0.446. The minimum absolute atomic E-state index is 0.0502. The molecule has 0 radical (unpaired) electrons. The van der Waals surface area contributed by atoms with Gasteiger partial charge in [-0.05, 0) is 25.5 Å². The predicted octanol–water partition coefficient (Wildman–Crippen LogP) is 0.440. The van der Waals surface area contributed by atoms with Crippen LogP contribution in [0.3, 0.4) is 0 Å². The molecule has 0 saturated heterocycles. The van der Waals surface area contributed by atoms with Crippen molar-refractivity contribution in [3.05, 3.63) is 35.4 Å². The van der Waals surface area contributed by atoms with Crippen LogP contribution >= 0.6 is 0 Å². The highest BCUT2D eigenvalue weighted by atomic mass is 32.2. The fraction of sp³-hybridized carbons (Fsp3) is 0.333. The van der Waals surface area contributed by atoms with Crippen LogP contribution in [0.4, 0.5) is 4.79 Å². The van der Waals surface area contributed by atoms with Crippen LogP contribution in [-0.4, -0.2) is 26.5 Å². The molecule has 0 heterocycles. The highest BCUT2D eigenvalue weighted by Crippen LogP contribution is 2.04. The molecule has 1 amide bonds. The molecule has 0 bridgehead atoms. The molecule has 5 N–H and O–H groups in total.